The molecule has 0 bridgehead atoms. The van der Waals surface area contributed by atoms with E-state index in [1.807, 2.05) is 44.2 Å². The van der Waals surface area contributed by atoms with Crippen LogP contribution in [0.25, 0.3) is 10.9 Å². The van der Waals surface area contributed by atoms with Crippen LogP contribution in [0.1, 0.15) is 25.0 Å². The lowest BCUT2D eigenvalue weighted by Gasteiger charge is -2.10. The molecule has 0 aliphatic rings. The number of benzene rings is 2. The molecule has 0 radical (unpaired) electrons. The zero-order valence-electron chi connectivity index (χ0n) is 14.6. The van der Waals surface area contributed by atoms with Crippen molar-refractivity contribution in [3.8, 4) is 5.75 Å². The molecule has 1 aromatic heterocycles. The van der Waals surface area contributed by atoms with Gasteiger partial charge in [0.05, 0.1) is 5.52 Å². The number of rotatable bonds is 5. The number of fused-ring (bicyclic) bond motifs is 1. The average molecular weight is 338 g/mol. The van der Waals surface area contributed by atoms with Gasteiger partial charge in [0.2, 0.25) is 0 Å². The topological polar surface area (TPSA) is 79.0 Å². The number of aromatic nitrogens is 2. The van der Waals surface area contributed by atoms with E-state index < -0.39 is 0 Å². The summed E-state index contributed by atoms with van der Waals surface area (Å²) >= 11 is 0. The molecule has 0 atom stereocenters. The number of nitrogens with one attached hydrogen (secondary N) is 3. The Morgan fingerprint density at radius 3 is 2.80 bits per heavy atom. The van der Waals surface area contributed by atoms with Gasteiger partial charge in [0.25, 0.3) is 0 Å². The van der Waals surface area contributed by atoms with Crippen LogP contribution in [0.4, 0.5) is 10.6 Å². The number of ether oxygens (including phenoxy) is 1. The Bertz CT molecular complexity index is 886. The number of H-pyrrole nitrogens is 1. The third kappa shape index (κ3) is 4.09. The molecule has 0 unspecified atom stereocenters. The van der Waals surface area contributed by atoms with Crippen molar-refractivity contribution in [3.05, 3.63) is 53.6 Å². The van der Waals surface area contributed by atoms with E-state index in [2.05, 4.69) is 39.9 Å². The monoisotopic (exact) mass is 338 g/mol. The summed E-state index contributed by atoms with van der Waals surface area (Å²) in [5.41, 5.74) is 3.17. The number of carbonyl (C=O) groups excluding carboxylic acids is 1. The van der Waals surface area contributed by atoms with E-state index in [9.17, 15) is 4.79 Å². The van der Waals surface area contributed by atoms with Crippen LogP contribution in [-0.2, 0) is 6.61 Å². The van der Waals surface area contributed by atoms with Crippen molar-refractivity contribution in [1.82, 2.24) is 15.5 Å². The SMILES string of the molecule is Cc1ccccc1COc1ccc2[nH]nc(NC(=O)NC(C)C)c2c1. The fourth-order valence-electron chi connectivity index (χ4n) is 2.52. The summed E-state index contributed by atoms with van der Waals surface area (Å²) in [6, 6.07) is 13.5. The highest BCUT2D eigenvalue weighted by Gasteiger charge is 2.11. The molecular formula is C19H22N4O2. The molecule has 3 aromatic rings. The first-order valence-electron chi connectivity index (χ1n) is 8.26. The zero-order valence-corrected chi connectivity index (χ0v) is 14.6. The number of hydrogen-bond acceptors (Lipinski definition) is 3. The Kier molecular flexibility index (Phi) is 4.88. The van der Waals surface area contributed by atoms with E-state index in [1.165, 1.54) is 5.56 Å². The molecule has 6 heteroatoms. The van der Waals surface area contributed by atoms with Gasteiger partial charge in [-0.25, -0.2) is 4.79 Å². The molecule has 2 aromatic carbocycles. The van der Waals surface area contributed by atoms with Crippen LogP contribution in [0, 0.1) is 6.92 Å². The fraction of sp³-hybridized carbons (Fsp3) is 0.263. The molecule has 0 saturated heterocycles. The van der Waals surface area contributed by atoms with E-state index >= 15 is 0 Å². The molecule has 3 N–H and O–H groups in total. The van der Waals surface area contributed by atoms with Gasteiger partial charge in [0.15, 0.2) is 5.82 Å². The predicted molar refractivity (Wildman–Crippen MR) is 98.9 cm³/mol. The van der Waals surface area contributed by atoms with Crippen LogP contribution in [0.3, 0.4) is 0 Å². The standard InChI is InChI=1S/C19H22N4O2/c1-12(2)20-19(24)21-18-16-10-15(8-9-17(16)22-23-18)25-11-14-7-5-4-6-13(14)3/h4-10,12H,11H2,1-3H3,(H3,20,21,22,23,24). The van der Waals surface area contributed by atoms with Crippen molar-refractivity contribution in [2.24, 2.45) is 0 Å². The second-order valence-corrected chi connectivity index (χ2v) is 6.25. The molecular weight excluding hydrogens is 316 g/mol. The lowest BCUT2D eigenvalue weighted by molar-refractivity contribution is 0.250. The maximum atomic E-state index is 11.9. The first-order chi connectivity index (χ1) is 12.0. The minimum atomic E-state index is -0.283. The van der Waals surface area contributed by atoms with Gasteiger partial charge in [-0.05, 0) is 50.1 Å². The molecule has 0 aliphatic carbocycles. The van der Waals surface area contributed by atoms with E-state index in [0.29, 0.717) is 12.4 Å². The highest BCUT2D eigenvalue weighted by atomic mass is 16.5. The molecule has 6 nitrogen and oxygen atoms in total. The van der Waals surface area contributed by atoms with Crippen LogP contribution < -0.4 is 15.4 Å². The number of anilines is 1. The van der Waals surface area contributed by atoms with Gasteiger partial charge < -0.3 is 10.1 Å². The molecule has 0 fully saturated rings. The van der Waals surface area contributed by atoms with E-state index in [0.717, 1.165) is 22.2 Å². The van der Waals surface area contributed by atoms with E-state index in [1.54, 1.807) is 0 Å². The molecule has 2 amide bonds. The predicted octanol–water partition coefficient (Wildman–Crippen LogP) is 3.98. The molecule has 0 spiro atoms. The van der Waals surface area contributed by atoms with Crippen molar-refractivity contribution < 1.29 is 9.53 Å². The van der Waals surface area contributed by atoms with E-state index in [4.69, 9.17) is 4.74 Å². The quantitative estimate of drug-likeness (QED) is 0.658. The Hall–Kier alpha value is -3.02. The Labute approximate surface area is 146 Å². The third-order valence-corrected chi connectivity index (χ3v) is 3.84. The number of carbonyl (C=O) groups is 1. The lowest BCUT2D eigenvalue weighted by Crippen LogP contribution is -2.34. The Morgan fingerprint density at radius 2 is 2.04 bits per heavy atom. The first kappa shape index (κ1) is 16.8. The van der Waals surface area contributed by atoms with Crippen molar-refractivity contribution in [3.63, 3.8) is 0 Å². The maximum absolute atomic E-state index is 11.9. The van der Waals surface area contributed by atoms with Gasteiger partial charge in [0, 0.05) is 11.4 Å². The largest absolute Gasteiger partial charge is 0.489 e. The van der Waals surface area contributed by atoms with Crippen molar-refractivity contribution in [1.29, 1.82) is 0 Å². The van der Waals surface area contributed by atoms with Gasteiger partial charge in [-0.2, -0.15) is 5.10 Å². The van der Waals surface area contributed by atoms with Crippen molar-refractivity contribution in [2.75, 3.05) is 5.32 Å². The molecule has 0 aliphatic heterocycles. The summed E-state index contributed by atoms with van der Waals surface area (Å²) in [6.45, 7) is 6.36. The summed E-state index contributed by atoms with van der Waals surface area (Å²) in [7, 11) is 0. The number of nitrogens with zero attached hydrogens (tertiary/aromatic N) is 1. The average Bonchev–Trinajstić information content (AvgIpc) is 2.95. The van der Waals surface area contributed by atoms with E-state index in [-0.39, 0.29) is 12.1 Å². The second-order valence-electron chi connectivity index (χ2n) is 6.25. The molecule has 25 heavy (non-hydrogen) atoms. The van der Waals surface area contributed by atoms with Crippen LogP contribution in [0.5, 0.6) is 5.75 Å². The molecule has 3 rings (SSSR count). The van der Waals surface area contributed by atoms with Gasteiger partial charge in [-0.1, -0.05) is 24.3 Å². The zero-order chi connectivity index (χ0) is 17.8. The minimum Gasteiger partial charge on any atom is -0.489 e. The number of hydrogen-bond donors (Lipinski definition) is 3. The van der Waals surface area contributed by atoms with Gasteiger partial charge in [-0.15, -0.1) is 0 Å². The van der Waals surface area contributed by atoms with Crippen molar-refractivity contribution in [2.45, 2.75) is 33.4 Å². The van der Waals surface area contributed by atoms with Gasteiger partial charge in [-0.3, -0.25) is 10.4 Å². The van der Waals surface area contributed by atoms with Gasteiger partial charge >= 0.3 is 6.03 Å². The summed E-state index contributed by atoms with van der Waals surface area (Å²) in [5.74, 6) is 1.21. The van der Waals surface area contributed by atoms with Crippen LogP contribution in [0.15, 0.2) is 42.5 Å². The Balaban J connectivity index is 1.76. The lowest BCUT2D eigenvalue weighted by atomic mass is 10.1. The summed E-state index contributed by atoms with van der Waals surface area (Å²) in [6.07, 6.45) is 0. The summed E-state index contributed by atoms with van der Waals surface area (Å²) < 4.78 is 5.90. The third-order valence-electron chi connectivity index (χ3n) is 3.84. The summed E-state index contributed by atoms with van der Waals surface area (Å²) in [5, 5.41) is 13.4. The number of urea groups is 1. The second kappa shape index (κ2) is 7.25. The molecule has 0 saturated carbocycles. The van der Waals surface area contributed by atoms with Crippen molar-refractivity contribution >= 4 is 22.8 Å². The minimum absolute atomic E-state index is 0.0539. The molecule has 130 valence electrons. The fourth-order valence-corrected chi connectivity index (χ4v) is 2.52. The smallest absolute Gasteiger partial charge is 0.320 e. The normalized spacial score (nSPS) is 10.9. The molecule has 1 heterocycles. The number of aryl methyl sites for hydroxylation is 1. The highest BCUT2D eigenvalue weighted by Crippen LogP contribution is 2.26. The summed E-state index contributed by atoms with van der Waals surface area (Å²) in [4.78, 5) is 11.9. The van der Waals surface area contributed by atoms with Crippen LogP contribution >= 0.6 is 0 Å². The number of aromatic amines is 1. The maximum Gasteiger partial charge on any atom is 0.320 e. The highest BCUT2D eigenvalue weighted by molar-refractivity contribution is 5.99. The van der Waals surface area contributed by atoms with Gasteiger partial charge in [0.1, 0.15) is 12.4 Å². The first-order valence-corrected chi connectivity index (χ1v) is 8.26. The van der Waals surface area contributed by atoms with Crippen LogP contribution in [-0.4, -0.2) is 22.3 Å². The van der Waals surface area contributed by atoms with Crippen LogP contribution in [0.2, 0.25) is 0 Å². The Morgan fingerprint density at radius 1 is 1.24 bits per heavy atom. The number of amides is 2.